The first-order valence-corrected chi connectivity index (χ1v) is 38.4. The average Bonchev–Trinajstić information content (AvgIpc) is 3.37. The standard InChI is InChI=1S/C78H147NO8/c1-3-5-7-9-11-13-15-17-19-21-23-25-27-29-31-32-33-34-35-36-37-38-39-40-42-44-46-48-50-52-54-56-58-60-62-64-66-68-74(82)79-71(70-86-78-77(85)76(84)75(83)73(69-80)87-78)72(81)67-65-63-61-59-57-55-53-51-49-47-45-43-41-30-28-26-24-22-20-18-16-14-12-10-8-6-4-2/h15,17,21,23,27,29,65,67,71-73,75-78,80-81,83-85H,3-14,16,18-20,22,24-26,28,30-64,66,68-70H2,1-2H3,(H,79,82)/b17-15-,23-21-,29-27-,67-65+. The number of carbonyl (C=O) groups excluding carboxylic acids is 1. The number of hydrogen-bond donors (Lipinski definition) is 6. The van der Waals surface area contributed by atoms with Crippen LogP contribution in [0.25, 0.3) is 0 Å². The van der Waals surface area contributed by atoms with Gasteiger partial charge < -0.3 is 40.3 Å². The van der Waals surface area contributed by atoms with Gasteiger partial charge in [-0.05, 0) is 57.8 Å². The molecule has 9 heteroatoms. The predicted molar refractivity (Wildman–Crippen MR) is 373 cm³/mol. The molecule has 9 nitrogen and oxygen atoms in total. The summed E-state index contributed by atoms with van der Waals surface area (Å²) in [5, 5.41) is 54.9. The Morgan fingerprint density at radius 1 is 0.391 bits per heavy atom. The molecule has 0 saturated carbocycles. The SMILES string of the molecule is CCCCCCC/C=C\C/C=C\C/C=C\CCCCCCCCCCCCCCCCCCCCCCCCC(=O)NC(COC1OC(CO)C(O)C(O)C1O)C(O)/C=C/CCCCCCCCCCCCCCCCCCCCCCCCCCC. The molecule has 0 aromatic rings. The molecule has 1 saturated heterocycles. The van der Waals surface area contributed by atoms with Crippen LogP contribution in [-0.2, 0) is 14.3 Å². The summed E-state index contributed by atoms with van der Waals surface area (Å²) in [5.74, 6) is -0.169. The molecule has 87 heavy (non-hydrogen) atoms. The number of rotatable bonds is 68. The van der Waals surface area contributed by atoms with E-state index >= 15 is 0 Å². The monoisotopic (exact) mass is 1230 g/mol. The Kier molecular flexibility index (Phi) is 64.1. The molecule has 512 valence electrons. The van der Waals surface area contributed by atoms with Crippen LogP contribution in [-0.4, -0.2) is 87.5 Å². The average molecular weight is 1230 g/mol. The Bertz CT molecular complexity index is 1520. The minimum atomic E-state index is -1.57. The number of ether oxygens (including phenoxy) is 2. The van der Waals surface area contributed by atoms with Crippen molar-refractivity contribution in [2.75, 3.05) is 13.2 Å². The van der Waals surface area contributed by atoms with E-state index in [0.29, 0.717) is 6.42 Å². The van der Waals surface area contributed by atoms with Gasteiger partial charge in [0.2, 0.25) is 5.91 Å². The third-order valence-corrected chi connectivity index (χ3v) is 18.4. The first-order chi connectivity index (χ1) is 42.8. The zero-order chi connectivity index (χ0) is 62.8. The largest absolute Gasteiger partial charge is 0.394 e. The van der Waals surface area contributed by atoms with Crippen LogP contribution in [0.4, 0.5) is 0 Å². The first kappa shape index (κ1) is 83.2. The van der Waals surface area contributed by atoms with E-state index in [4.69, 9.17) is 9.47 Å². The molecule has 1 aliphatic rings. The van der Waals surface area contributed by atoms with Crippen molar-refractivity contribution in [3.05, 3.63) is 48.6 Å². The maximum atomic E-state index is 13.2. The van der Waals surface area contributed by atoms with Crippen LogP contribution in [0.2, 0.25) is 0 Å². The zero-order valence-corrected chi connectivity index (χ0v) is 57.5. The van der Waals surface area contributed by atoms with E-state index in [2.05, 4.69) is 55.6 Å². The van der Waals surface area contributed by atoms with Gasteiger partial charge in [-0.2, -0.15) is 0 Å². The quantitative estimate of drug-likeness (QED) is 0.0261. The number of aliphatic hydroxyl groups excluding tert-OH is 5. The van der Waals surface area contributed by atoms with E-state index in [1.165, 1.54) is 315 Å². The molecule has 0 bridgehead atoms. The lowest BCUT2D eigenvalue weighted by atomic mass is 9.99. The molecule has 0 aliphatic carbocycles. The van der Waals surface area contributed by atoms with Crippen LogP contribution in [0, 0.1) is 0 Å². The van der Waals surface area contributed by atoms with Crippen molar-refractivity contribution < 1.29 is 39.8 Å². The minimum Gasteiger partial charge on any atom is -0.394 e. The first-order valence-electron chi connectivity index (χ1n) is 38.4. The Morgan fingerprint density at radius 3 is 1.00 bits per heavy atom. The fourth-order valence-electron chi connectivity index (χ4n) is 12.4. The van der Waals surface area contributed by atoms with E-state index in [0.717, 1.165) is 51.4 Å². The van der Waals surface area contributed by atoms with Crippen molar-refractivity contribution in [2.24, 2.45) is 0 Å². The molecular formula is C78H147NO8. The molecule has 0 radical (unpaired) electrons. The van der Waals surface area contributed by atoms with E-state index in [-0.39, 0.29) is 12.5 Å². The van der Waals surface area contributed by atoms with E-state index < -0.39 is 49.5 Å². The van der Waals surface area contributed by atoms with Crippen molar-refractivity contribution in [3.8, 4) is 0 Å². The Labute approximate surface area is 539 Å². The van der Waals surface area contributed by atoms with Crippen molar-refractivity contribution >= 4 is 5.91 Å². The molecule has 0 aromatic carbocycles. The molecule has 1 amide bonds. The van der Waals surface area contributed by atoms with Gasteiger partial charge in [-0.3, -0.25) is 4.79 Å². The van der Waals surface area contributed by atoms with E-state index in [1.54, 1.807) is 6.08 Å². The molecular weight excluding hydrogens is 1080 g/mol. The molecule has 7 unspecified atom stereocenters. The van der Waals surface area contributed by atoms with Gasteiger partial charge >= 0.3 is 0 Å². The van der Waals surface area contributed by atoms with E-state index in [9.17, 15) is 30.3 Å². The van der Waals surface area contributed by atoms with Crippen LogP contribution in [0.5, 0.6) is 0 Å². The summed E-state index contributed by atoms with van der Waals surface area (Å²) in [6, 6.07) is -0.806. The smallest absolute Gasteiger partial charge is 0.220 e. The van der Waals surface area contributed by atoms with Crippen LogP contribution in [0.15, 0.2) is 48.6 Å². The third-order valence-electron chi connectivity index (χ3n) is 18.4. The molecule has 1 heterocycles. The number of aliphatic hydroxyl groups is 5. The molecule has 0 spiro atoms. The number of carbonyl (C=O) groups is 1. The summed E-state index contributed by atoms with van der Waals surface area (Å²) in [6.07, 6.45) is 85.3. The summed E-state index contributed by atoms with van der Waals surface area (Å²) in [4.78, 5) is 13.2. The van der Waals surface area contributed by atoms with Gasteiger partial charge in [0, 0.05) is 6.42 Å². The predicted octanol–water partition coefficient (Wildman–Crippen LogP) is 21.5. The molecule has 1 aliphatic heterocycles. The van der Waals surface area contributed by atoms with Gasteiger partial charge in [0.15, 0.2) is 6.29 Å². The highest BCUT2D eigenvalue weighted by Gasteiger charge is 2.44. The zero-order valence-electron chi connectivity index (χ0n) is 57.5. The van der Waals surface area contributed by atoms with E-state index in [1.807, 2.05) is 6.08 Å². The fraction of sp³-hybridized carbons (Fsp3) is 0.885. The highest BCUT2D eigenvalue weighted by atomic mass is 16.7. The number of allylic oxidation sites excluding steroid dienone is 7. The van der Waals surface area contributed by atoms with Crippen molar-refractivity contribution in [2.45, 2.75) is 429 Å². The lowest BCUT2D eigenvalue weighted by Gasteiger charge is -2.40. The second-order valence-corrected chi connectivity index (χ2v) is 26.8. The number of amides is 1. The highest BCUT2D eigenvalue weighted by molar-refractivity contribution is 5.76. The summed E-state index contributed by atoms with van der Waals surface area (Å²) >= 11 is 0. The molecule has 1 rings (SSSR count). The van der Waals surface area contributed by atoms with Crippen molar-refractivity contribution in [1.82, 2.24) is 5.32 Å². The number of unbranched alkanes of at least 4 members (excludes halogenated alkanes) is 52. The second kappa shape index (κ2) is 67.1. The fourth-order valence-corrected chi connectivity index (χ4v) is 12.4. The maximum absolute atomic E-state index is 13.2. The van der Waals surface area contributed by atoms with Gasteiger partial charge in [0.1, 0.15) is 24.4 Å². The topological polar surface area (TPSA) is 149 Å². The Hall–Kier alpha value is -1.85. The van der Waals surface area contributed by atoms with Crippen LogP contribution < -0.4 is 5.32 Å². The van der Waals surface area contributed by atoms with Crippen LogP contribution in [0.1, 0.15) is 386 Å². The van der Waals surface area contributed by atoms with Crippen molar-refractivity contribution in [1.29, 1.82) is 0 Å². The van der Waals surface area contributed by atoms with Crippen LogP contribution >= 0.6 is 0 Å². The summed E-state index contributed by atoms with van der Waals surface area (Å²) < 4.78 is 11.3. The molecule has 7 atom stereocenters. The Morgan fingerprint density at radius 2 is 0.678 bits per heavy atom. The van der Waals surface area contributed by atoms with Crippen molar-refractivity contribution in [3.63, 3.8) is 0 Å². The highest BCUT2D eigenvalue weighted by Crippen LogP contribution is 2.24. The van der Waals surface area contributed by atoms with Gasteiger partial charge in [0.25, 0.3) is 0 Å². The molecule has 1 fully saturated rings. The summed E-state index contributed by atoms with van der Waals surface area (Å²) in [5.41, 5.74) is 0. The Balaban J connectivity index is 2.07. The van der Waals surface area contributed by atoms with Crippen LogP contribution in [0.3, 0.4) is 0 Å². The third kappa shape index (κ3) is 55.5. The molecule has 0 aromatic heterocycles. The van der Waals surface area contributed by atoms with Gasteiger partial charge in [0.05, 0.1) is 25.4 Å². The maximum Gasteiger partial charge on any atom is 0.220 e. The summed E-state index contributed by atoms with van der Waals surface area (Å²) in [7, 11) is 0. The van der Waals surface area contributed by atoms with Gasteiger partial charge in [-0.25, -0.2) is 0 Å². The lowest BCUT2D eigenvalue weighted by molar-refractivity contribution is -0.302. The molecule has 6 N–H and O–H groups in total. The minimum absolute atomic E-state index is 0.169. The van der Waals surface area contributed by atoms with Gasteiger partial charge in [-0.1, -0.05) is 371 Å². The number of hydrogen-bond acceptors (Lipinski definition) is 8. The second-order valence-electron chi connectivity index (χ2n) is 26.8. The van der Waals surface area contributed by atoms with Gasteiger partial charge in [-0.15, -0.1) is 0 Å². The summed E-state index contributed by atoms with van der Waals surface area (Å²) in [6.45, 7) is 3.82. The lowest BCUT2D eigenvalue weighted by Crippen LogP contribution is -2.60. The number of nitrogens with one attached hydrogen (secondary N) is 1. The normalized spacial score (nSPS) is 18.2.